The predicted octanol–water partition coefficient (Wildman–Crippen LogP) is 3.40. The Labute approximate surface area is 134 Å². The lowest BCUT2D eigenvalue weighted by Gasteiger charge is -2.17. The van der Waals surface area contributed by atoms with Crippen molar-refractivity contribution >= 4 is 11.6 Å². The Bertz CT molecular complexity index is 872. The van der Waals surface area contributed by atoms with E-state index in [0.717, 1.165) is 36.3 Å². The third kappa shape index (κ3) is 1.78. The Balaban J connectivity index is 2.06. The highest BCUT2D eigenvalue weighted by molar-refractivity contribution is 6.28. The second kappa shape index (κ2) is 4.95. The Kier molecular flexibility index (Phi) is 3.01. The van der Waals surface area contributed by atoms with Crippen molar-refractivity contribution in [3.05, 3.63) is 58.5 Å². The van der Waals surface area contributed by atoms with Crippen molar-refractivity contribution in [3.8, 4) is 11.3 Å². The number of allylic oxidation sites excluding steroid dienone is 2. The topological polar surface area (TPSA) is 48.3 Å². The number of fused-ring (bicyclic) bond motifs is 3. The molecule has 1 aliphatic carbocycles. The van der Waals surface area contributed by atoms with Crippen LogP contribution in [0, 0.1) is 0 Å². The van der Waals surface area contributed by atoms with Crippen LogP contribution < -0.4 is 0 Å². The van der Waals surface area contributed by atoms with Crippen LogP contribution in [-0.4, -0.2) is 23.2 Å². The number of ketones is 2. The molecule has 0 saturated carbocycles. The van der Waals surface area contributed by atoms with Gasteiger partial charge in [0, 0.05) is 17.8 Å². The van der Waals surface area contributed by atoms with E-state index in [0.29, 0.717) is 16.7 Å². The van der Waals surface area contributed by atoms with Gasteiger partial charge in [0.25, 0.3) is 0 Å². The number of benzene rings is 1. The van der Waals surface area contributed by atoms with Crippen LogP contribution in [0.15, 0.2) is 41.7 Å². The molecular formula is C19H17NO3. The largest absolute Gasteiger partial charge is 0.492 e. The Morgan fingerprint density at radius 2 is 1.78 bits per heavy atom. The fourth-order valence-corrected chi connectivity index (χ4v) is 3.76. The maximum atomic E-state index is 13.0. The minimum absolute atomic E-state index is 0.0794. The number of hydrogen-bond donors (Lipinski definition) is 0. The van der Waals surface area contributed by atoms with E-state index in [2.05, 4.69) is 4.57 Å². The van der Waals surface area contributed by atoms with Gasteiger partial charge in [0.15, 0.2) is 11.5 Å². The molecule has 0 saturated heterocycles. The van der Waals surface area contributed by atoms with Gasteiger partial charge in [0.1, 0.15) is 0 Å². The fourth-order valence-electron chi connectivity index (χ4n) is 3.76. The first-order chi connectivity index (χ1) is 11.1. The summed E-state index contributed by atoms with van der Waals surface area (Å²) in [6, 6.07) is 9.81. The van der Waals surface area contributed by atoms with E-state index >= 15 is 0 Å². The van der Waals surface area contributed by atoms with Gasteiger partial charge in [-0.25, -0.2) is 0 Å². The van der Waals surface area contributed by atoms with Crippen molar-refractivity contribution in [2.45, 2.75) is 26.3 Å². The molecule has 0 N–H and O–H groups in total. The average molecular weight is 307 g/mol. The van der Waals surface area contributed by atoms with Gasteiger partial charge in [0.2, 0.25) is 5.78 Å². The Morgan fingerprint density at radius 1 is 1.04 bits per heavy atom. The number of rotatable bonds is 2. The second-order valence-electron chi connectivity index (χ2n) is 5.98. The molecule has 116 valence electrons. The van der Waals surface area contributed by atoms with E-state index in [9.17, 15) is 9.59 Å². The molecule has 0 spiro atoms. The fraction of sp³-hybridized carbons (Fsp3) is 0.263. The molecule has 2 aromatic rings. The second-order valence-corrected chi connectivity index (χ2v) is 5.98. The quantitative estimate of drug-likeness (QED) is 0.854. The van der Waals surface area contributed by atoms with E-state index < -0.39 is 0 Å². The molecule has 1 aliphatic heterocycles. The smallest absolute Gasteiger partial charge is 0.230 e. The van der Waals surface area contributed by atoms with Crippen LogP contribution in [0.5, 0.6) is 0 Å². The van der Waals surface area contributed by atoms with Crippen LogP contribution in [0.2, 0.25) is 0 Å². The molecule has 0 radical (unpaired) electrons. The Hall–Kier alpha value is -2.62. The van der Waals surface area contributed by atoms with Crippen molar-refractivity contribution in [2.24, 2.45) is 0 Å². The van der Waals surface area contributed by atoms with Gasteiger partial charge in [-0.1, -0.05) is 30.3 Å². The lowest BCUT2D eigenvalue weighted by molar-refractivity contribution is 0.0907. The van der Waals surface area contributed by atoms with Gasteiger partial charge in [0.05, 0.1) is 23.9 Å². The zero-order valence-electron chi connectivity index (χ0n) is 13.2. The summed E-state index contributed by atoms with van der Waals surface area (Å²) in [6.07, 6.45) is 1.84. The lowest BCUT2D eigenvalue weighted by Crippen LogP contribution is -2.22. The van der Waals surface area contributed by atoms with E-state index in [1.54, 1.807) is 6.92 Å². The molecule has 2 aliphatic rings. The van der Waals surface area contributed by atoms with Gasteiger partial charge in [-0.3, -0.25) is 9.59 Å². The number of nitrogens with zero attached hydrogens (tertiary/aromatic N) is 1. The molecule has 0 bridgehead atoms. The van der Waals surface area contributed by atoms with Gasteiger partial charge in [-0.2, -0.15) is 0 Å². The molecule has 1 aromatic carbocycles. The highest BCUT2D eigenvalue weighted by Gasteiger charge is 2.40. The average Bonchev–Trinajstić information content (AvgIpc) is 3.14. The number of Topliss-reactive ketones (excluding diaryl/α,β-unsaturated/α-hetero) is 2. The summed E-state index contributed by atoms with van der Waals surface area (Å²) < 4.78 is 7.38. The number of methoxy groups -OCH3 is 1. The van der Waals surface area contributed by atoms with Gasteiger partial charge >= 0.3 is 0 Å². The summed E-state index contributed by atoms with van der Waals surface area (Å²) in [5.41, 5.74) is 4.32. The van der Waals surface area contributed by atoms with E-state index in [1.807, 2.05) is 30.3 Å². The summed E-state index contributed by atoms with van der Waals surface area (Å²) >= 11 is 0. The third-order valence-electron chi connectivity index (χ3n) is 4.76. The number of hydrogen-bond acceptors (Lipinski definition) is 3. The molecule has 0 unspecified atom stereocenters. The molecular weight excluding hydrogens is 290 g/mol. The van der Waals surface area contributed by atoms with Crippen LogP contribution in [0.4, 0.5) is 0 Å². The predicted molar refractivity (Wildman–Crippen MR) is 86.6 cm³/mol. The zero-order chi connectivity index (χ0) is 16.1. The summed E-state index contributed by atoms with van der Waals surface area (Å²) in [4.78, 5) is 25.8. The molecule has 4 nitrogen and oxygen atoms in total. The maximum Gasteiger partial charge on any atom is 0.230 e. The van der Waals surface area contributed by atoms with Gasteiger partial charge in [-0.15, -0.1) is 0 Å². The summed E-state index contributed by atoms with van der Waals surface area (Å²) in [5.74, 6) is -0.0893. The van der Waals surface area contributed by atoms with Crippen LogP contribution in [-0.2, 0) is 17.7 Å². The van der Waals surface area contributed by atoms with Crippen LogP contribution in [0.3, 0.4) is 0 Å². The molecule has 1 aromatic heterocycles. The van der Waals surface area contributed by atoms with Crippen molar-refractivity contribution in [3.63, 3.8) is 0 Å². The molecule has 2 heterocycles. The van der Waals surface area contributed by atoms with Gasteiger partial charge in [-0.05, 0) is 25.3 Å². The minimum Gasteiger partial charge on any atom is -0.492 e. The van der Waals surface area contributed by atoms with Crippen molar-refractivity contribution in [1.29, 1.82) is 0 Å². The first kappa shape index (κ1) is 14.0. The van der Waals surface area contributed by atoms with Crippen molar-refractivity contribution in [1.82, 2.24) is 4.57 Å². The van der Waals surface area contributed by atoms with Crippen molar-refractivity contribution < 1.29 is 14.3 Å². The maximum absolute atomic E-state index is 13.0. The highest BCUT2D eigenvalue weighted by atomic mass is 16.5. The van der Waals surface area contributed by atoms with Crippen LogP contribution >= 0.6 is 0 Å². The molecule has 0 fully saturated rings. The third-order valence-corrected chi connectivity index (χ3v) is 4.76. The lowest BCUT2D eigenvalue weighted by atomic mass is 9.87. The summed E-state index contributed by atoms with van der Waals surface area (Å²) in [7, 11) is 1.45. The van der Waals surface area contributed by atoms with E-state index in [1.165, 1.54) is 7.11 Å². The first-order valence-corrected chi connectivity index (χ1v) is 7.80. The number of aromatic nitrogens is 1. The summed E-state index contributed by atoms with van der Waals surface area (Å²) in [6.45, 7) is 2.51. The number of carbonyl (C=O) groups excluding carboxylic acids is 2. The SMILES string of the molecule is COC1=C(C)C(=O)c2c(c(-c3ccccc3)n3c2CCC3)C1=O. The van der Waals surface area contributed by atoms with Crippen LogP contribution in [0.25, 0.3) is 11.3 Å². The molecule has 0 amide bonds. The normalized spacial score (nSPS) is 16.6. The standard InChI is InChI=1S/C19H17NO3/c1-11-17(21)14-13-9-6-10-20(13)16(12-7-4-3-5-8-12)15(14)18(22)19(11)23-2/h3-5,7-8H,6,9-10H2,1-2H3. The molecule has 4 rings (SSSR count). The molecule has 0 atom stereocenters. The minimum atomic E-state index is -0.180. The number of ether oxygens (including phenoxy) is 1. The highest BCUT2D eigenvalue weighted by Crippen LogP contribution is 2.41. The van der Waals surface area contributed by atoms with E-state index in [-0.39, 0.29) is 17.3 Å². The summed E-state index contributed by atoms with van der Waals surface area (Å²) in [5, 5.41) is 0. The first-order valence-electron chi connectivity index (χ1n) is 7.80. The molecule has 4 heteroatoms. The Morgan fingerprint density at radius 3 is 2.48 bits per heavy atom. The number of carbonyl (C=O) groups is 2. The molecule has 23 heavy (non-hydrogen) atoms. The van der Waals surface area contributed by atoms with Crippen LogP contribution in [0.1, 0.15) is 39.8 Å². The van der Waals surface area contributed by atoms with Crippen molar-refractivity contribution in [2.75, 3.05) is 7.11 Å². The zero-order valence-corrected chi connectivity index (χ0v) is 13.2. The monoisotopic (exact) mass is 307 g/mol. The van der Waals surface area contributed by atoms with Gasteiger partial charge < -0.3 is 9.30 Å². The van der Waals surface area contributed by atoms with E-state index in [4.69, 9.17) is 4.74 Å².